The Morgan fingerprint density at radius 3 is 2.87 bits per heavy atom. The lowest BCUT2D eigenvalue weighted by molar-refractivity contribution is -0.141. The Balaban J connectivity index is 1.57. The zero-order valence-electron chi connectivity index (χ0n) is 16.7. The third kappa shape index (κ3) is 3.10. The van der Waals surface area contributed by atoms with Crippen molar-refractivity contribution in [1.82, 2.24) is 4.90 Å². The number of benzene rings is 1. The molecular formula is C23H23NO6. The van der Waals surface area contributed by atoms with Gasteiger partial charge in [0.2, 0.25) is 0 Å². The van der Waals surface area contributed by atoms with Gasteiger partial charge in [-0.3, -0.25) is 9.59 Å². The van der Waals surface area contributed by atoms with E-state index in [1.165, 1.54) is 11.2 Å². The maximum absolute atomic E-state index is 13.0. The van der Waals surface area contributed by atoms with Crippen LogP contribution >= 0.6 is 0 Å². The summed E-state index contributed by atoms with van der Waals surface area (Å²) in [5.74, 6) is -0.345. The average Bonchev–Trinajstić information content (AvgIpc) is 3.51. The Kier molecular flexibility index (Phi) is 4.62. The maximum Gasteiger partial charge on any atom is 0.295 e. The van der Waals surface area contributed by atoms with Crippen LogP contribution in [0.25, 0.3) is 5.76 Å². The Morgan fingerprint density at radius 2 is 2.13 bits per heavy atom. The highest BCUT2D eigenvalue weighted by Gasteiger charge is 2.48. The molecule has 3 aliphatic rings. The van der Waals surface area contributed by atoms with Crippen molar-refractivity contribution < 1.29 is 28.6 Å². The van der Waals surface area contributed by atoms with E-state index in [1.807, 2.05) is 13.0 Å². The molecule has 1 aromatic heterocycles. The van der Waals surface area contributed by atoms with Crippen LogP contribution in [0.3, 0.4) is 0 Å². The van der Waals surface area contributed by atoms with E-state index in [4.69, 9.17) is 13.9 Å². The second-order valence-corrected chi connectivity index (χ2v) is 8.06. The minimum absolute atomic E-state index is 0.0415. The lowest BCUT2D eigenvalue weighted by atomic mass is 9.97. The highest BCUT2D eigenvalue weighted by Crippen LogP contribution is 2.41. The molecule has 2 fully saturated rings. The van der Waals surface area contributed by atoms with Crippen molar-refractivity contribution in [1.29, 1.82) is 0 Å². The minimum Gasteiger partial charge on any atom is -0.507 e. The Labute approximate surface area is 173 Å². The molecule has 156 valence electrons. The van der Waals surface area contributed by atoms with Crippen molar-refractivity contribution in [3.8, 4) is 5.75 Å². The van der Waals surface area contributed by atoms with Crippen LogP contribution in [0.5, 0.6) is 5.75 Å². The van der Waals surface area contributed by atoms with Crippen molar-refractivity contribution in [3.63, 3.8) is 0 Å². The monoisotopic (exact) mass is 409 g/mol. The number of carbonyl (C=O) groups is 2. The average molecular weight is 409 g/mol. The number of fused-ring (bicyclic) bond motifs is 1. The fourth-order valence-electron chi connectivity index (χ4n) is 4.54. The molecule has 0 saturated carbocycles. The van der Waals surface area contributed by atoms with Gasteiger partial charge in [0.1, 0.15) is 29.4 Å². The summed E-state index contributed by atoms with van der Waals surface area (Å²) in [6.45, 7) is 2.91. The van der Waals surface area contributed by atoms with Crippen LogP contribution in [0.2, 0.25) is 0 Å². The van der Waals surface area contributed by atoms with Gasteiger partial charge in [-0.15, -0.1) is 0 Å². The number of Topliss-reactive ketones (excluding diaryl/α,β-unsaturated/α-hetero) is 1. The van der Waals surface area contributed by atoms with Gasteiger partial charge < -0.3 is 23.9 Å². The first-order chi connectivity index (χ1) is 14.5. The smallest absolute Gasteiger partial charge is 0.295 e. The van der Waals surface area contributed by atoms with Gasteiger partial charge in [-0.25, -0.2) is 0 Å². The van der Waals surface area contributed by atoms with Crippen LogP contribution in [-0.2, 0) is 20.7 Å². The second-order valence-electron chi connectivity index (χ2n) is 8.06. The van der Waals surface area contributed by atoms with E-state index in [1.54, 1.807) is 24.3 Å². The number of ether oxygens (including phenoxy) is 2. The van der Waals surface area contributed by atoms with Crippen LogP contribution in [0.1, 0.15) is 42.7 Å². The SMILES string of the molecule is C[C@H]1Cc2cc(C(O)=C3C(=O)C(=O)N(C[C@@H]4CCCO4)[C@@H]3c3ccco3)ccc2O1. The molecule has 7 nitrogen and oxygen atoms in total. The fourth-order valence-corrected chi connectivity index (χ4v) is 4.54. The Morgan fingerprint density at radius 1 is 1.27 bits per heavy atom. The van der Waals surface area contributed by atoms with Gasteiger partial charge in [0, 0.05) is 25.1 Å². The molecule has 1 amide bonds. The van der Waals surface area contributed by atoms with Crippen LogP contribution < -0.4 is 4.74 Å². The summed E-state index contributed by atoms with van der Waals surface area (Å²) in [6.07, 6.45) is 3.92. The predicted octanol–water partition coefficient (Wildman–Crippen LogP) is 3.20. The summed E-state index contributed by atoms with van der Waals surface area (Å²) in [5, 5.41) is 11.1. The quantitative estimate of drug-likeness (QED) is 0.474. The van der Waals surface area contributed by atoms with Crippen LogP contribution in [0.15, 0.2) is 46.6 Å². The number of likely N-dealkylation sites (tertiary alicyclic amines) is 1. The number of aliphatic hydroxyl groups is 1. The number of aliphatic hydroxyl groups excluding tert-OH is 1. The summed E-state index contributed by atoms with van der Waals surface area (Å²) >= 11 is 0. The van der Waals surface area contributed by atoms with Gasteiger partial charge in [0.15, 0.2) is 0 Å². The van der Waals surface area contributed by atoms with Crippen LogP contribution in [-0.4, -0.2) is 47.1 Å². The van der Waals surface area contributed by atoms with E-state index in [-0.39, 0.29) is 30.1 Å². The first-order valence-electron chi connectivity index (χ1n) is 10.3. The van der Waals surface area contributed by atoms with Crippen LogP contribution in [0.4, 0.5) is 0 Å². The molecule has 0 spiro atoms. The van der Waals surface area contributed by atoms with E-state index in [2.05, 4.69) is 0 Å². The van der Waals surface area contributed by atoms with Crippen molar-refractivity contribution in [2.24, 2.45) is 0 Å². The molecule has 2 saturated heterocycles. The zero-order chi connectivity index (χ0) is 20.8. The first kappa shape index (κ1) is 18.9. The number of hydrogen-bond donors (Lipinski definition) is 1. The number of hydrogen-bond acceptors (Lipinski definition) is 6. The maximum atomic E-state index is 13.0. The van der Waals surface area contributed by atoms with E-state index in [9.17, 15) is 14.7 Å². The van der Waals surface area contributed by atoms with Gasteiger partial charge in [-0.1, -0.05) is 0 Å². The minimum atomic E-state index is -0.785. The van der Waals surface area contributed by atoms with Crippen molar-refractivity contribution in [2.45, 2.75) is 44.4 Å². The van der Waals surface area contributed by atoms with Gasteiger partial charge >= 0.3 is 0 Å². The van der Waals surface area contributed by atoms with Crippen molar-refractivity contribution in [2.75, 3.05) is 13.2 Å². The molecule has 0 radical (unpaired) electrons. The Hall–Kier alpha value is -3.06. The van der Waals surface area contributed by atoms with E-state index >= 15 is 0 Å². The molecule has 1 N–H and O–H groups in total. The van der Waals surface area contributed by atoms with Crippen molar-refractivity contribution in [3.05, 3.63) is 59.1 Å². The fraction of sp³-hybridized carbons (Fsp3) is 0.391. The third-order valence-electron chi connectivity index (χ3n) is 5.95. The number of amides is 1. The predicted molar refractivity (Wildman–Crippen MR) is 107 cm³/mol. The molecule has 1 aromatic carbocycles. The molecular weight excluding hydrogens is 386 g/mol. The Bertz CT molecular complexity index is 1020. The molecule has 2 aromatic rings. The normalized spacial score (nSPS) is 27.5. The molecule has 30 heavy (non-hydrogen) atoms. The topological polar surface area (TPSA) is 89.2 Å². The number of furan rings is 1. The van der Waals surface area contributed by atoms with Gasteiger partial charge in [0.25, 0.3) is 11.7 Å². The summed E-state index contributed by atoms with van der Waals surface area (Å²) in [4.78, 5) is 27.3. The molecule has 3 atom stereocenters. The molecule has 4 heterocycles. The van der Waals surface area contributed by atoms with Gasteiger partial charge in [-0.2, -0.15) is 0 Å². The van der Waals surface area contributed by atoms with Gasteiger partial charge in [0.05, 0.1) is 17.9 Å². The third-order valence-corrected chi connectivity index (χ3v) is 5.95. The standard InChI is InChI=1S/C23H23NO6/c1-13-10-15-11-14(6-7-17(15)30-13)21(25)19-20(18-5-3-9-29-18)24(23(27)22(19)26)12-16-4-2-8-28-16/h3,5-7,9,11,13,16,20,25H,2,4,8,10,12H2,1H3/t13-,16-,20+/m0/s1. The number of rotatable bonds is 4. The second kappa shape index (κ2) is 7.32. The van der Waals surface area contributed by atoms with Crippen molar-refractivity contribution >= 4 is 17.4 Å². The molecule has 3 aliphatic heterocycles. The molecule has 0 bridgehead atoms. The summed E-state index contributed by atoms with van der Waals surface area (Å²) in [7, 11) is 0. The van der Waals surface area contributed by atoms with Crippen LogP contribution in [0, 0.1) is 0 Å². The summed E-state index contributed by atoms with van der Waals surface area (Å²) in [5.41, 5.74) is 1.49. The number of carbonyl (C=O) groups excluding carboxylic acids is 2. The molecule has 5 rings (SSSR count). The summed E-state index contributed by atoms with van der Waals surface area (Å²) < 4.78 is 17.0. The number of ketones is 1. The molecule has 7 heteroatoms. The number of nitrogens with zero attached hydrogens (tertiary/aromatic N) is 1. The van der Waals surface area contributed by atoms with E-state index in [0.29, 0.717) is 17.9 Å². The first-order valence-corrected chi connectivity index (χ1v) is 10.3. The largest absolute Gasteiger partial charge is 0.507 e. The lowest BCUT2D eigenvalue weighted by Crippen LogP contribution is -2.36. The van der Waals surface area contributed by atoms with E-state index in [0.717, 1.165) is 30.6 Å². The van der Waals surface area contributed by atoms with E-state index < -0.39 is 17.7 Å². The lowest BCUT2D eigenvalue weighted by Gasteiger charge is -2.25. The molecule has 0 aliphatic carbocycles. The molecule has 0 unspecified atom stereocenters. The zero-order valence-corrected chi connectivity index (χ0v) is 16.7. The highest BCUT2D eigenvalue weighted by molar-refractivity contribution is 6.46. The summed E-state index contributed by atoms with van der Waals surface area (Å²) in [6, 6.07) is 7.95. The van der Waals surface area contributed by atoms with Gasteiger partial charge in [-0.05, 0) is 55.7 Å². The highest BCUT2D eigenvalue weighted by atomic mass is 16.5.